The molecule has 0 saturated carbocycles. The summed E-state index contributed by atoms with van der Waals surface area (Å²) in [5.74, 6) is -1.43. The lowest BCUT2D eigenvalue weighted by Gasteiger charge is -2.32. The van der Waals surface area contributed by atoms with Crippen molar-refractivity contribution in [3.05, 3.63) is 35.4 Å². The zero-order chi connectivity index (χ0) is 12.4. The van der Waals surface area contributed by atoms with Crippen LogP contribution < -0.4 is 0 Å². The van der Waals surface area contributed by atoms with Crippen molar-refractivity contribution >= 4 is 0 Å². The van der Waals surface area contributed by atoms with Gasteiger partial charge in [0.05, 0.1) is 11.7 Å². The summed E-state index contributed by atoms with van der Waals surface area (Å²) in [5, 5.41) is 10.1. The van der Waals surface area contributed by atoms with Crippen molar-refractivity contribution in [2.45, 2.75) is 19.4 Å². The summed E-state index contributed by atoms with van der Waals surface area (Å²) < 4.78 is 32.4. The van der Waals surface area contributed by atoms with Crippen molar-refractivity contribution in [1.82, 2.24) is 0 Å². The first kappa shape index (κ1) is 12.5. The molecule has 3 unspecified atom stereocenters. The summed E-state index contributed by atoms with van der Waals surface area (Å²) in [4.78, 5) is 0. The maximum atomic E-state index is 13.6. The predicted molar refractivity (Wildman–Crippen MR) is 59.4 cm³/mol. The van der Waals surface area contributed by atoms with Crippen LogP contribution in [0.25, 0.3) is 0 Å². The lowest BCUT2D eigenvalue weighted by molar-refractivity contribution is -0.0331. The standard InChI is InChI=1S/C13H16F2O2/c1-8-7-17-6-5-9(8)13(16)12-10(14)3-2-4-11(12)15/h2-4,8-9,13,16H,5-7H2,1H3. The summed E-state index contributed by atoms with van der Waals surface area (Å²) in [7, 11) is 0. The minimum atomic E-state index is -1.10. The average Bonchev–Trinajstić information content (AvgIpc) is 2.29. The molecule has 1 fully saturated rings. The molecule has 0 bridgehead atoms. The number of ether oxygens (including phenoxy) is 1. The van der Waals surface area contributed by atoms with Gasteiger partial charge >= 0.3 is 0 Å². The molecule has 0 aromatic heterocycles. The van der Waals surface area contributed by atoms with Gasteiger partial charge in [-0.2, -0.15) is 0 Å². The van der Waals surface area contributed by atoms with Gasteiger partial charge in [-0.05, 0) is 30.4 Å². The number of halogens is 2. The molecule has 17 heavy (non-hydrogen) atoms. The Labute approximate surface area is 99.2 Å². The van der Waals surface area contributed by atoms with Crippen molar-refractivity contribution in [3.8, 4) is 0 Å². The van der Waals surface area contributed by atoms with E-state index < -0.39 is 17.7 Å². The van der Waals surface area contributed by atoms with Gasteiger partial charge in [0.1, 0.15) is 11.6 Å². The molecule has 0 radical (unpaired) electrons. The van der Waals surface area contributed by atoms with Crippen LogP contribution in [0.3, 0.4) is 0 Å². The summed E-state index contributed by atoms with van der Waals surface area (Å²) in [5.41, 5.74) is -0.216. The average molecular weight is 242 g/mol. The molecule has 2 nitrogen and oxygen atoms in total. The molecule has 1 aliphatic heterocycles. The van der Waals surface area contributed by atoms with Gasteiger partial charge in [-0.25, -0.2) is 8.78 Å². The second-order valence-corrected chi connectivity index (χ2v) is 4.58. The smallest absolute Gasteiger partial charge is 0.131 e. The Morgan fingerprint density at radius 3 is 2.59 bits per heavy atom. The molecule has 94 valence electrons. The van der Waals surface area contributed by atoms with E-state index in [-0.39, 0.29) is 17.4 Å². The Hall–Kier alpha value is -1.00. The van der Waals surface area contributed by atoms with Crippen LogP contribution in [0.1, 0.15) is 25.0 Å². The fourth-order valence-corrected chi connectivity index (χ4v) is 2.37. The Kier molecular flexibility index (Phi) is 3.74. The molecule has 1 N–H and O–H groups in total. The third-order valence-corrected chi connectivity index (χ3v) is 3.41. The number of hydrogen-bond donors (Lipinski definition) is 1. The van der Waals surface area contributed by atoms with Gasteiger partial charge in [-0.1, -0.05) is 13.0 Å². The number of hydrogen-bond acceptors (Lipinski definition) is 2. The van der Waals surface area contributed by atoms with Crippen molar-refractivity contribution in [2.75, 3.05) is 13.2 Å². The monoisotopic (exact) mass is 242 g/mol. The third kappa shape index (κ3) is 2.48. The highest BCUT2D eigenvalue weighted by Gasteiger charge is 2.32. The normalized spacial score (nSPS) is 26.8. The molecular weight excluding hydrogens is 226 g/mol. The van der Waals surface area contributed by atoms with Gasteiger partial charge in [0.2, 0.25) is 0 Å². The zero-order valence-electron chi connectivity index (χ0n) is 9.70. The maximum Gasteiger partial charge on any atom is 0.131 e. The van der Waals surface area contributed by atoms with Crippen molar-refractivity contribution in [3.63, 3.8) is 0 Å². The van der Waals surface area contributed by atoms with Crippen LogP contribution in [0.4, 0.5) is 8.78 Å². The number of rotatable bonds is 2. The second kappa shape index (κ2) is 5.10. The molecule has 1 saturated heterocycles. The van der Waals surface area contributed by atoms with E-state index in [1.807, 2.05) is 6.92 Å². The first-order valence-electron chi connectivity index (χ1n) is 5.81. The lowest BCUT2D eigenvalue weighted by Crippen LogP contribution is -2.30. The van der Waals surface area contributed by atoms with Crippen molar-refractivity contribution in [2.24, 2.45) is 11.8 Å². The minimum absolute atomic E-state index is 0.0951. The fraction of sp³-hybridized carbons (Fsp3) is 0.538. The van der Waals surface area contributed by atoms with E-state index in [9.17, 15) is 13.9 Å². The molecule has 1 aliphatic rings. The molecule has 2 rings (SSSR count). The zero-order valence-corrected chi connectivity index (χ0v) is 9.70. The van der Waals surface area contributed by atoms with E-state index in [0.717, 1.165) is 0 Å². The molecule has 4 heteroatoms. The highest BCUT2D eigenvalue weighted by molar-refractivity contribution is 5.22. The molecule has 0 spiro atoms. The quantitative estimate of drug-likeness (QED) is 0.864. The first-order chi connectivity index (χ1) is 8.11. The van der Waals surface area contributed by atoms with E-state index in [4.69, 9.17) is 4.74 Å². The van der Waals surface area contributed by atoms with E-state index >= 15 is 0 Å². The molecule has 1 aromatic carbocycles. The van der Waals surface area contributed by atoms with Gasteiger partial charge in [0.25, 0.3) is 0 Å². The van der Waals surface area contributed by atoms with Gasteiger partial charge in [-0.15, -0.1) is 0 Å². The topological polar surface area (TPSA) is 29.5 Å². The summed E-state index contributed by atoms with van der Waals surface area (Å²) in [6.45, 7) is 2.98. The fourth-order valence-electron chi connectivity index (χ4n) is 2.37. The van der Waals surface area contributed by atoms with E-state index in [0.29, 0.717) is 19.6 Å². The third-order valence-electron chi connectivity index (χ3n) is 3.41. The van der Waals surface area contributed by atoms with Crippen LogP contribution >= 0.6 is 0 Å². The van der Waals surface area contributed by atoms with Crippen LogP contribution in [0, 0.1) is 23.5 Å². The largest absolute Gasteiger partial charge is 0.388 e. The molecule has 0 amide bonds. The Balaban J connectivity index is 2.26. The van der Waals surface area contributed by atoms with Crippen molar-refractivity contribution < 1.29 is 18.6 Å². The molecule has 1 heterocycles. The van der Waals surface area contributed by atoms with Crippen LogP contribution in [0.5, 0.6) is 0 Å². The summed E-state index contributed by atoms with van der Waals surface area (Å²) in [6, 6.07) is 3.64. The Morgan fingerprint density at radius 2 is 2.00 bits per heavy atom. The predicted octanol–water partition coefficient (Wildman–Crippen LogP) is 2.67. The summed E-state index contributed by atoms with van der Waals surface area (Å²) in [6.07, 6.45) is -0.481. The Bertz CT molecular complexity index is 375. The van der Waals surface area contributed by atoms with Crippen LogP contribution in [0.15, 0.2) is 18.2 Å². The highest BCUT2D eigenvalue weighted by atomic mass is 19.1. The highest BCUT2D eigenvalue weighted by Crippen LogP contribution is 2.35. The van der Waals surface area contributed by atoms with E-state index in [2.05, 4.69) is 0 Å². The van der Waals surface area contributed by atoms with Gasteiger partial charge < -0.3 is 9.84 Å². The van der Waals surface area contributed by atoms with Crippen molar-refractivity contribution in [1.29, 1.82) is 0 Å². The Morgan fingerprint density at radius 1 is 1.35 bits per heavy atom. The molecule has 3 atom stereocenters. The summed E-state index contributed by atoms with van der Waals surface area (Å²) >= 11 is 0. The van der Waals surface area contributed by atoms with Gasteiger partial charge in [0, 0.05) is 13.2 Å². The number of benzene rings is 1. The SMILES string of the molecule is CC1COCCC1C(O)c1c(F)cccc1F. The van der Waals surface area contributed by atoms with Crippen LogP contribution in [-0.4, -0.2) is 18.3 Å². The second-order valence-electron chi connectivity index (χ2n) is 4.58. The molecule has 0 aliphatic carbocycles. The molecule has 1 aromatic rings. The van der Waals surface area contributed by atoms with Crippen LogP contribution in [-0.2, 0) is 4.74 Å². The van der Waals surface area contributed by atoms with Gasteiger partial charge in [-0.3, -0.25) is 0 Å². The lowest BCUT2D eigenvalue weighted by atomic mass is 9.82. The maximum absolute atomic E-state index is 13.6. The number of aliphatic hydroxyl groups is 1. The first-order valence-corrected chi connectivity index (χ1v) is 5.81. The van der Waals surface area contributed by atoms with E-state index in [1.54, 1.807) is 0 Å². The van der Waals surface area contributed by atoms with Gasteiger partial charge in [0.15, 0.2) is 0 Å². The minimum Gasteiger partial charge on any atom is -0.388 e. The van der Waals surface area contributed by atoms with Crippen LogP contribution in [0.2, 0.25) is 0 Å². The molecular formula is C13H16F2O2. The number of aliphatic hydroxyl groups excluding tert-OH is 1. The van der Waals surface area contributed by atoms with E-state index in [1.165, 1.54) is 18.2 Å².